The molecule has 188 valence electrons. The summed E-state index contributed by atoms with van der Waals surface area (Å²) in [5.41, 5.74) is 0.328. The fraction of sp³-hybridized carbons (Fsp3) is 0.192. The Balaban J connectivity index is 1.48. The molecule has 8 nitrogen and oxygen atoms in total. The average Bonchev–Trinajstić information content (AvgIpc) is 3.32. The largest absolute Gasteiger partial charge is 0.464 e. The predicted molar refractivity (Wildman–Crippen MR) is 130 cm³/mol. The maximum atomic E-state index is 15.0. The predicted octanol–water partition coefficient (Wildman–Crippen LogP) is 5.11. The van der Waals surface area contributed by atoms with Crippen molar-refractivity contribution >= 4 is 22.7 Å². The zero-order valence-electron chi connectivity index (χ0n) is 19.5. The summed E-state index contributed by atoms with van der Waals surface area (Å²) in [7, 11) is 0. The standard InChI is InChI=1S/C26H20F3N5O3/c1-26(12-35)11-33-25(36-13-26)34-14-7-19(28)23(20(29)8-14)37-21-5-6-31-24-22(21)17(10-32-24)15-3-2-4-18(27)16(15)9-30/h2-8,10,35H,11-13H2,1H3,(H,31,32)(H,33,34)/t26-/m1/s1. The first-order valence-electron chi connectivity index (χ1n) is 11.2. The average molecular weight is 507 g/mol. The highest BCUT2D eigenvalue weighted by Gasteiger charge is 2.29. The molecule has 0 radical (unpaired) electrons. The van der Waals surface area contributed by atoms with Gasteiger partial charge in [0.2, 0.25) is 0 Å². The fourth-order valence-electron chi connectivity index (χ4n) is 3.92. The van der Waals surface area contributed by atoms with Crippen LogP contribution in [-0.4, -0.2) is 40.9 Å². The number of hydrogen-bond acceptors (Lipinski definition) is 7. The van der Waals surface area contributed by atoms with E-state index < -0.39 is 28.6 Å². The number of benzene rings is 2. The number of aliphatic hydroxyl groups is 1. The number of aromatic amines is 1. The summed E-state index contributed by atoms with van der Waals surface area (Å²) in [6.07, 6.45) is 2.91. The molecule has 2 aromatic heterocycles. The van der Waals surface area contributed by atoms with E-state index in [0.717, 1.165) is 12.1 Å². The molecular formula is C26H20F3N5O3. The maximum Gasteiger partial charge on any atom is 0.289 e. The third-order valence-electron chi connectivity index (χ3n) is 5.96. The van der Waals surface area contributed by atoms with Crippen LogP contribution in [0.2, 0.25) is 0 Å². The molecule has 0 amide bonds. The lowest BCUT2D eigenvalue weighted by Crippen LogP contribution is -2.38. The SMILES string of the molecule is C[C@]1(CO)CN=C(Nc2cc(F)c(Oc3ccnc4[nH]cc(-c5cccc(F)c5C#N)c34)c(F)c2)OC1. The van der Waals surface area contributed by atoms with Gasteiger partial charge in [0.25, 0.3) is 6.02 Å². The molecule has 0 spiro atoms. The number of anilines is 1. The zero-order valence-corrected chi connectivity index (χ0v) is 19.5. The summed E-state index contributed by atoms with van der Waals surface area (Å²) in [5, 5.41) is 21.9. The molecular weight excluding hydrogens is 487 g/mol. The van der Waals surface area contributed by atoms with Crippen LogP contribution in [0.25, 0.3) is 22.2 Å². The van der Waals surface area contributed by atoms with Gasteiger partial charge >= 0.3 is 0 Å². The van der Waals surface area contributed by atoms with Crippen LogP contribution in [0, 0.1) is 34.2 Å². The van der Waals surface area contributed by atoms with Crippen molar-refractivity contribution < 1.29 is 27.8 Å². The summed E-state index contributed by atoms with van der Waals surface area (Å²) >= 11 is 0. The second-order valence-corrected chi connectivity index (χ2v) is 8.88. The molecule has 1 aliphatic heterocycles. The first kappa shape index (κ1) is 24.1. The van der Waals surface area contributed by atoms with Crippen LogP contribution < -0.4 is 10.1 Å². The normalized spacial score (nSPS) is 17.1. The van der Waals surface area contributed by atoms with Crippen LogP contribution >= 0.6 is 0 Å². The first-order chi connectivity index (χ1) is 17.8. The lowest BCUT2D eigenvalue weighted by atomic mass is 9.93. The molecule has 5 rings (SSSR count). The Bertz CT molecular complexity index is 1560. The fourth-order valence-corrected chi connectivity index (χ4v) is 3.92. The third-order valence-corrected chi connectivity index (χ3v) is 5.96. The van der Waals surface area contributed by atoms with Crippen molar-refractivity contribution in [1.29, 1.82) is 5.26 Å². The summed E-state index contributed by atoms with van der Waals surface area (Å²) in [6.45, 7) is 2.17. The second kappa shape index (κ2) is 9.48. The number of hydrogen-bond donors (Lipinski definition) is 3. The van der Waals surface area contributed by atoms with Crippen LogP contribution in [-0.2, 0) is 4.74 Å². The molecule has 0 bridgehead atoms. The molecule has 11 heteroatoms. The number of aliphatic imine (C=N–C) groups is 1. The van der Waals surface area contributed by atoms with Crippen molar-refractivity contribution in [3.63, 3.8) is 0 Å². The van der Waals surface area contributed by atoms with E-state index in [1.165, 1.54) is 30.6 Å². The van der Waals surface area contributed by atoms with Gasteiger partial charge in [-0.15, -0.1) is 0 Å². The molecule has 1 aliphatic rings. The number of amidine groups is 1. The number of rotatable bonds is 5. The first-order valence-corrected chi connectivity index (χ1v) is 11.2. The highest BCUT2D eigenvalue weighted by Crippen LogP contribution is 2.39. The van der Waals surface area contributed by atoms with E-state index in [0.29, 0.717) is 16.6 Å². The van der Waals surface area contributed by atoms with Gasteiger partial charge in [-0.3, -0.25) is 0 Å². The Kier molecular flexibility index (Phi) is 6.19. The van der Waals surface area contributed by atoms with Crippen molar-refractivity contribution in [3.05, 3.63) is 71.8 Å². The van der Waals surface area contributed by atoms with E-state index in [1.54, 1.807) is 13.0 Å². The van der Waals surface area contributed by atoms with Crippen molar-refractivity contribution in [3.8, 4) is 28.7 Å². The molecule has 0 unspecified atom stereocenters. The number of nitrogens with zero attached hydrogens (tertiary/aromatic N) is 3. The van der Waals surface area contributed by atoms with E-state index in [-0.39, 0.29) is 48.3 Å². The van der Waals surface area contributed by atoms with Crippen LogP contribution in [0.5, 0.6) is 11.5 Å². The Labute approximate surface area is 209 Å². The van der Waals surface area contributed by atoms with Gasteiger partial charge in [-0.2, -0.15) is 5.26 Å². The van der Waals surface area contributed by atoms with E-state index in [9.17, 15) is 14.8 Å². The molecule has 0 fully saturated rings. The minimum atomic E-state index is -0.996. The number of nitrogens with one attached hydrogen (secondary N) is 2. The van der Waals surface area contributed by atoms with Crippen LogP contribution in [0.3, 0.4) is 0 Å². The lowest BCUT2D eigenvalue weighted by molar-refractivity contribution is 0.0706. The second-order valence-electron chi connectivity index (χ2n) is 8.88. The molecule has 0 saturated carbocycles. The number of H-pyrrole nitrogens is 1. The van der Waals surface area contributed by atoms with E-state index in [4.69, 9.17) is 9.47 Å². The molecule has 37 heavy (non-hydrogen) atoms. The molecule has 0 aliphatic carbocycles. The Morgan fingerprint density at radius 1 is 1.19 bits per heavy atom. The van der Waals surface area contributed by atoms with Gasteiger partial charge in [-0.05, 0) is 12.1 Å². The van der Waals surface area contributed by atoms with Crippen molar-refractivity contribution in [2.75, 3.05) is 25.1 Å². The number of halogens is 3. The van der Waals surface area contributed by atoms with E-state index >= 15 is 8.78 Å². The number of ether oxygens (including phenoxy) is 2. The summed E-state index contributed by atoms with van der Waals surface area (Å²) in [4.78, 5) is 11.3. The van der Waals surface area contributed by atoms with Gasteiger partial charge in [-0.1, -0.05) is 19.1 Å². The third kappa shape index (κ3) is 4.54. The van der Waals surface area contributed by atoms with Gasteiger partial charge < -0.3 is 24.9 Å². The van der Waals surface area contributed by atoms with Crippen molar-refractivity contribution in [1.82, 2.24) is 9.97 Å². The molecule has 2 aromatic carbocycles. The smallest absolute Gasteiger partial charge is 0.289 e. The molecule has 3 heterocycles. The molecule has 4 aromatic rings. The van der Waals surface area contributed by atoms with Gasteiger partial charge in [-0.25, -0.2) is 23.1 Å². The quantitative estimate of drug-likeness (QED) is 0.346. The topological polar surface area (TPSA) is 116 Å². The maximum absolute atomic E-state index is 15.0. The minimum absolute atomic E-state index is 0.0503. The van der Waals surface area contributed by atoms with E-state index in [2.05, 4.69) is 20.3 Å². The van der Waals surface area contributed by atoms with Gasteiger partial charge in [0.05, 0.1) is 24.1 Å². The highest BCUT2D eigenvalue weighted by molar-refractivity contribution is 5.99. The lowest BCUT2D eigenvalue weighted by Gasteiger charge is -2.30. The Morgan fingerprint density at radius 2 is 1.97 bits per heavy atom. The summed E-state index contributed by atoms with van der Waals surface area (Å²) in [6, 6.07) is 9.57. The van der Waals surface area contributed by atoms with Gasteiger partial charge in [0.1, 0.15) is 29.9 Å². The van der Waals surface area contributed by atoms with Crippen LogP contribution in [0.1, 0.15) is 12.5 Å². The van der Waals surface area contributed by atoms with Gasteiger partial charge in [0.15, 0.2) is 17.4 Å². The molecule has 0 saturated heterocycles. The number of aromatic nitrogens is 2. The van der Waals surface area contributed by atoms with Gasteiger partial charge in [0, 0.05) is 46.8 Å². The van der Waals surface area contributed by atoms with Crippen molar-refractivity contribution in [2.45, 2.75) is 6.92 Å². The zero-order chi connectivity index (χ0) is 26.2. The van der Waals surface area contributed by atoms with Crippen LogP contribution in [0.4, 0.5) is 18.9 Å². The number of nitriles is 1. The summed E-state index contributed by atoms with van der Waals surface area (Å²) in [5.74, 6) is -3.30. The Morgan fingerprint density at radius 3 is 2.65 bits per heavy atom. The van der Waals surface area contributed by atoms with Crippen LogP contribution in [0.15, 0.2) is 53.8 Å². The minimum Gasteiger partial charge on any atom is -0.464 e. The van der Waals surface area contributed by atoms with E-state index in [1.807, 2.05) is 6.07 Å². The number of aliphatic hydroxyl groups excluding tert-OH is 1. The van der Waals surface area contributed by atoms with Crippen molar-refractivity contribution in [2.24, 2.45) is 10.4 Å². The highest BCUT2D eigenvalue weighted by atomic mass is 19.1. The number of pyridine rings is 1. The number of fused-ring (bicyclic) bond motifs is 1. The Hall–Kier alpha value is -4.56. The molecule has 1 atom stereocenters. The molecule has 3 N–H and O–H groups in total. The summed E-state index contributed by atoms with van der Waals surface area (Å²) < 4.78 is 55.4. The monoisotopic (exact) mass is 507 g/mol.